The van der Waals surface area contributed by atoms with Gasteiger partial charge in [0, 0.05) is 32.4 Å². The number of likely N-dealkylation sites (N-methyl/N-ethyl adjacent to an activating group) is 1. The highest BCUT2D eigenvalue weighted by atomic mass is 15.3. The van der Waals surface area contributed by atoms with Crippen LogP contribution < -0.4 is 5.73 Å². The molecule has 5 nitrogen and oxygen atoms in total. The number of nitrogen functional groups attached to an aromatic ring is 1. The zero-order valence-electron chi connectivity index (χ0n) is 12.1. The van der Waals surface area contributed by atoms with Crippen LogP contribution in [0.5, 0.6) is 0 Å². The van der Waals surface area contributed by atoms with E-state index in [-0.39, 0.29) is 0 Å². The molecule has 0 unspecified atom stereocenters. The van der Waals surface area contributed by atoms with Crippen molar-refractivity contribution in [2.24, 2.45) is 5.92 Å². The lowest BCUT2D eigenvalue weighted by atomic mass is 10.2. The van der Waals surface area contributed by atoms with Gasteiger partial charge in [0.2, 0.25) is 0 Å². The van der Waals surface area contributed by atoms with Crippen LogP contribution in [0, 0.1) is 5.92 Å². The maximum Gasteiger partial charge on any atom is 0.0719 e. The lowest BCUT2D eigenvalue weighted by Gasteiger charge is -2.25. The smallest absolute Gasteiger partial charge is 0.0719 e. The molecule has 0 aliphatic carbocycles. The Morgan fingerprint density at radius 1 is 1.28 bits per heavy atom. The standard InChI is InChI=1S/C13H27N5/c1-12(2)10-17(6-5-16(3)4)7-8-18-11-13(14)9-15-18/h9,11-12H,5-8,10,14H2,1-4H3. The van der Waals surface area contributed by atoms with E-state index in [1.807, 2.05) is 10.9 Å². The first-order chi connectivity index (χ1) is 8.47. The summed E-state index contributed by atoms with van der Waals surface area (Å²) in [5, 5.41) is 4.22. The van der Waals surface area contributed by atoms with Gasteiger partial charge in [-0.25, -0.2) is 0 Å². The second kappa shape index (κ2) is 7.38. The van der Waals surface area contributed by atoms with Crippen molar-refractivity contribution in [1.29, 1.82) is 0 Å². The molecule has 0 amide bonds. The Labute approximate surface area is 111 Å². The van der Waals surface area contributed by atoms with Crippen LogP contribution in [-0.4, -0.2) is 59.9 Å². The monoisotopic (exact) mass is 253 g/mol. The first kappa shape index (κ1) is 15.0. The minimum Gasteiger partial charge on any atom is -0.396 e. The first-order valence-electron chi connectivity index (χ1n) is 6.62. The summed E-state index contributed by atoms with van der Waals surface area (Å²) >= 11 is 0. The Kier molecular flexibility index (Phi) is 6.15. The average Bonchev–Trinajstić information content (AvgIpc) is 2.67. The van der Waals surface area contributed by atoms with Crippen molar-refractivity contribution < 1.29 is 0 Å². The van der Waals surface area contributed by atoms with Gasteiger partial charge < -0.3 is 10.6 Å². The van der Waals surface area contributed by atoms with E-state index < -0.39 is 0 Å². The van der Waals surface area contributed by atoms with Crippen molar-refractivity contribution in [3.8, 4) is 0 Å². The van der Waals surface area contributed by atoms with Crippen molar-refractivity contribution in [2.45, 2.75) is 20.4 Å². The van der Waals surface area contributed by atoms with Gasteiger partial charge in [-0.15, -0.1) is 0 Å². The van der Waals surface area contributed by atoms with Crippen LogP contribution in [0.2, 0.25) is 0 Å². The van der Waals surface area contributed by atoms with E-state index in [1.165, 1.54) is 0 Å². The molecule has 2 N–H and O–H groups in total. The Balaban J connectivity index is 2.39. The van der Waals surface area contributed by atoms with Crippen LogP contribution in [0.1, 0.15) is 13.8 Å². The number of nitrogens with zero attached hydrogens (tertiary/aromatic N) is 4. The molecule has 1 aromatic rings. The fraction of sp³-hybridized carbons (Fsp3) is 0.769. The summed E-state index contributed by atoms with van der Waals surface area (Å²) in [6, 6.07) is 0. The Hall–Kier alpha value is -1.07. The van der Waals surface area contributed by atoms with Gasteiger partial charge in [-0.3, -0.25) is 9.58 Å². The fourth-order valence-electron chi connectivity index (χ4n) is 1.90. The molecule has 0 radical (unpaired) electrons. The predicted molar refractivity (Wildman–Crippen MR) is 76.5 cm³/mol. The van der Waals surface area contributed by atoms with E-state index in [0.29, 0.717) is 5.92 Å². The second-order valence-electron chi connectivity index (χ2n) is 5.53. The van der Waals surface area contributed by atoms with E-state index in [0.717, 1.165) is 38.4 Å². The molecular formula is C13H27N5. The van der Waals surface area contributed by atoms with Gasteiger partial charge >= 0.3 is 0 Å². The van der Waals surface area contributed by atoms with Crippen molar-refractivity contribution in [3.05, 3.63) is 12.4 Å². The fourth-order valence-corrected chi connectivity index (χ4v) is 1.90. The third kappa shape index (κ3) is 6.02. The van der Waals surface area contributed by atoms with E-state index in [4.69, 9.17) is 5.73 Å². The van der Waals surface area contributed by atoms with E-state index in [9.17, 15) is 0 Å². The Bertz CT molecular complexity index is 332. The molecule has 1 heterocycles. The van der Waals surface area contributed by atoms with Crippen molar-refractivity contribution in [1.82, 2.24) is 19.6 Å². The summed E-state index contributed by atoms with van der Waals surface area (Å²) in [7, 11) is 4.23. The van der Waals surface area contributed by atoms with Gasteiger partial charge in [-0.05, 0) is 20.0 Å². The topological polar surface area (TPSA) is 50.3 Å². The zero-order valence-corrected chi connectivity index (χ0v) is 12.1. The lowest BCUT2D eigenvalue weighted by molar-refractivity contribution is 0.209. The third-order valence-corrected chi connectivity index (χ3v) is 2.79. The quantitative estimate of drug-likeness (QED) is 0.750. The van der Waals surface area contributed by atoms with E-state index in [2.05, 4.69) is 42.8 Å². The zero-order chi connectivity index (χ0) is 13.5. The molecule has 0 atom stereocenters. The molecule has 0 saturated carbocycles. The summed E-state index contributed by atoms with van der Waals surface area (Å²) in [4.78, 5) is 4.71. The molecule has 0 aliphatic heterocycles. The maximum atomic E-state index is 5.66. The number of hydrogen-bond donors (Lipinski definition) is 1. The number of aromatic nitrogens is 2. The van der Waals surface area contributed by atoms with E-state index >= 15 is 0 Å². The number of anilines is 1. The Morgan fingerprint density at radius 3 is 2.50 bits per heavy atom. The van der Waals surface area contributed by atoms with Crippen LogP contribution in [0.3, 0.4) is 0 Å². The molecular weight excluding hydrogens is 226 g/mol. The number of nitrogens with two attached hydrogens (primary N) is 1. The van der Waals surface area contributed by atoms with Gasteiger partial charge in [-0.1, -0.05) is 13.8 Å². The summed E-state index contributed by atoms with van der Waals surface area (Å²) in [5.74, 6) is 0.690. The summed E-state index contributed by atoms with van der Waals surface area (Å²) < 4.78 is 1.92. The average molecular weight is 253 g/mol. The molecule has 1 aromatic heterocycles. The molecule has 0 aromatic carbocycles. The largest absolute Gasteiger partial charge is 0.396 e. The maximum absolute atomic E-state index is 5.66. The number of hydrogen-bond acceptors (Lipinski definition) is 4. The molecule has 18 heavy (non-hydrogen) atoms. The first-order valence-corrected chi connectivity index (χ1v) is 6.62. The highest BCUT2D eigenvalue weighted by Gasteiger charge is 2.08. The number of rotatable bonds is 8. The minimum atomic E-state index is 0.690. The normalized spacial score (nSPS) is 11.9. The van der Waals surface area contributed by atoms with Gasteiger partial charge in [0.15, 0.2) is 0 Å². The third-order valence-electron chi connectivity index (χ3n) is 2.79. The molecule has 0 aliphatic rings. The van der Waals surface area contributed by atoms with Gasteiger partial charge in [0.1, 0.15) is 0 Å². The SMILES string of the molecule is CC(C)CN(CCN(C)C)CCn1cc(N)cn1. The highest BCUT2D eigenvalue weighted by molar-refractivity contribution is 5.30. The van der Waals surface area contributed by atoms with Gasteiger partial charge in [-0.2, -0.15) is 5.10 Å². The molecule has 0 spiro atoms. The van der Waals surface area contributed by atoms with E-state index in [1.54, 1.807) is 6.20 Å². The minimum absolute atomic E-state index is 0.690. The predicted octanol–water partition coefficient (Wildman–Crippen LogP) is 0.985. The molecule has 5 heteroatoms. The van der Waals surface area contributed by atoms with Crippen LogP contribution in [-0.2, 0) is 6.54 Å². The van der Waals surface area contributed by atoms with Crippen molar-refractivity contribution in [2.75, 3.05) is 46.0 Å². The lowest BCUT2D eigenvalue weighted by Crippen LogP contribution is -2.36. The van der Waals surface area contributed by atoms with Crippen LogP contribution >= 0.6 is 0 Å². The highest BCUT2D eigenvalue weighted by Crippen LogP contribution is 2.02. The summed E-state index contributed by atoms with van der Waals surface area (Å²) in [6.45, 7) is 9.76. The Morgan fingerprint density at radius 2 is 2.00 bits per heavy atom. The molecule has 0 saturated heterocycles. The summed E-state index contributed by atoms with van der Waals surface area (Å²) in [5.41, 5.74) is 6.40. The summed E-state index contributed by atoms with van der Waals surface area (Å²) in [6.07, 6.45) is 3.59. The van der Waals surface area contributed by atoms with Gasteiger partial charge in [0.25, 0.3) is 0 Å². The van der Waals surface area contributed by atoms with Crippen LogP contribution in [0.25, 0.3) is 0 Å². The molecule has 0 bridgehead atoms. The molecule has 0 fully saturated rings. The van der Waals surface area contributed by atoms with Crippen molar-refractivity contribution in [3.63, 3.8) is 0 Å². The molecule has 104 valence electrons. The van der Waals surface area contributed by atoms with Crippen LogP contribution in [0.4, 0.5) is 5.69 Å². The molecule has 1 rings (SSSR count). The van der Waals surface area contributed by atoms with Gasteiger partial charge in [0.05, 0.1) is 18.4 Å². The van der Waals surface area contributed by atoms with Crippen LogP contribution in [0.15, 0.2) is 12.4 Å². The second-order valence-corrected chi connectivity index (χ2v) is 5.53. The van der Waals surface area contributed by atoms with Crippen molar-refractivity contribution >= 4 is 5.69 Å².